The van der Waals surface area contributed by atoms with Crippen molar-refractivity contribution in [2.24, 2.45) is 0 Å². The van der Waals surface area contributed by atoms with Crippen molar-refractivity contribution < 1.29 is 22.4 Å². The number of carbonyl (C=O) groups is 2. The molecule has 0 aliphatic carbocycles. The number of furan rings is 1. The van der Waals surface area contributed by atoms with Gasteiger partial charge in [-0.3, -0.25) is 9.59 Å². The molecule has 162 valence electrons. The first kappa shape index (κ1) is 22.0. The number of hydrogen-bond acceptors (Lipinski definition) is 5. The molecule has 1 N–H and O–H groups in total. The van der Waals surface area contributed by atoms with E-state index in [9.17, 15) is 18.0 Å². The maximum Gasteiger partial charge on any atom is 0.253 e. The van der Waals surface area contributed by atoms with Crippen LogP contribution >= 0.6 is 0 Å². The molecule has 9 heteroatoms. The number of hydrogen-bond donors (Lipinski definition) is 1. The molecule has 1 aliphatic rings. The van der Waals surface area contributed by atoms with Gasteiger partial charge in [0.1, 0.15) is 11.8 Å². The van der Waals surface area contributed by atoms with Gasteiger partial charge in [-0.1, -0.05) is 0 Å². The van der Waals surface area contributed by atoms with Gasteiger partial charge in [0.2, 0.25) is 15.9 Å². The Kier molecular flexibility index (Phi) is 6.94. The summed E-state index contributed by atoms with van der Waals surface area (Å²) in [6, 6.07) is 8.62. The van der Waals surface area contributed by atoms with Crippen LogP contribution in [0.5, 0.6) is 0 Å². The van der Waals surface area contributed by atoms with E-state index < -0.39 is 16.1 Å². The lowest BCUT2D eigenvalue weighted by Gasteiger charge is -2.23. The van der Waals surface area contributed by atoms with Crippen molar-refractivity contribution in [2.45, 2.75) is 44.2 Å². The van der Waals surface area contributed by atoms with E-state index in [2.05, 4.69) is 5.32 Å². The Hall–Kier alpha value is -2.65. The summed E-state index contributed by atoms with van der Waals surface area (Å²) in [5, 5.41) is 2.74. The van der Waals surface area contributed by atoms with Crippen molar-refractivity contribution in [2.75, 3.05) is 19.6 Å². The summed E-state index contributed by atoms with van der Waals surface area (Å²) < 4.78 is 32.7. The first-order chi connectivity index (χ1) is 14.4. The van der Waals surface area contributed by atoms with E-state index in [4.69, 9.17) is 4.42 Å². The Morgan fingerprint density at radius 2 is 1.87 bits per heavy atom. The Morgan fingerprint density at radius 1 is 1.17 bits per heavy atom. The second-order valence-corrected chi connectivity index (χ2v) is 8.96. The minimum absolute atomic E-state index is 0.0735. The average molecular weight is 434 g/mol. The minimum atomic E-state index is -3.85. The van der Waals surface area contributed by atoms with Crippen LogP contribution in [0.15, 0.2) is 52.0 Å². The topological polar surface area (TPSA) is 99.9 Å². The van der Waals surface area contributed by atoms with Crippen molar-refractivity contribution >= 4 is 21.8 Å². The molecule has 1 aliphatic heterocycles. The molecule has 0 radical (unpaired) electrons. The molecule has 1 saturated heterocycles. The summed E-state index contributed by atoms with van der Waals surface area (Å²) >= 11 is 0. The van der Waals surface area contributed by atoms with Gasteiger partial charge in [0.15, 0.2) is 0 Å². The lowest BCUT2D eigenvalue weighted by molar-refractivity contribution is -0.124. The van der Waals surface area contributed by atoms with Crippen molar-refractivity contribution in [3.05, 3.63) is 54.0 Å². The SMILES string of the molecule is CCN(CC)C(=O)c1ccc(S(=O)(=O)N2CCCC2C(=O)NCc2ccco2)cc1. The van der Waals surface area contributed by atoms with E-state index in [0.717, 1.165) is 0 Å². The molecule has 1 unspecified atom stereocenters. The Labute approximate surface area is 176 Å². The Bertz CT molecular complexity index is 967. The lowest BCUT2D eigenvalue weighted by atomic mass is 10.2. The van der Waals surface area contributed by atoms with Crippen LogP contribution in [0.1, 0.15) is 42.8 Å². The van der Waals surface area contributed by atoms with E-state index in [1.54, 1.807) is 17.0 Å². The number of sulfonamides is 1. The van der Waals surface area contributed by atoms with Crippen LogP contribution in [-0.4, -0.2) is 55.1 Å². The first-order valence-electron chi connectivity index (χ1n) is 10.1. The summed E-state index contributed by atoms with van der Waals surface area (Å²) in [4.78, 5) is 26.8. The van der Waals surface area contributed by atoms with Crippen LogP contribution in [0.4, 0.5) is 0 Å². The lowest BCUT2D eigenvalue weighted by Crippen LogP contribution is -2.45. The molecule has 8 nitrogen and oxygen atoms in total. The number of carbonyl (C=O) groups excluding carboxylic acids is 2. The number of nitrogens with zero attached hydrogens (tertiary/aromatic N) is 2. The second-order valence-electron chi connectivity index (χ2n) is 7.07. The molecule has 2 amide bonds. The molecule has 1 atom stereocenters. The zero-order valence-corrected chi connectivity index (χ0v) is 18.0. The van der Waals surface area contributed by atoms with E-state index in [1.165, 1.54) is 34.8 Å². The monoisotopic (exact) mass is 433 g/mol. The fourth-order valence-electron chi connectivity index (χ4n) is 3.59. The zero-order chi connectivity index (χ0) is 21.7. The maximum atomic E-state index is 13.1. The molecular weight excluding hydrogens is 406 g/mol. The highest BCUT2D eigenvalue weighted by molar-refractivity contribution is 7.89. The quantitative estimate of drug-likeness (QED) is 0.688. The summed E-state index contributed by atoms with van der Waals surface area (Å²) in [6.07, 6.45) is 2.58. The minimum Gasteiger partial charge on any atom is -0.467 e. The molecule has 1 aromatic heterocycles. The van der Waals surface area contributed by atoms with Crippen molar-refractivity contribution in [3.63, 3.8) is 0 Å². The van der Waals surface area contributed by atoms with Gasteiger partial charge in [0.05, 0.1) is 17.7 Å². The summed E-state index contributed by atoms with van der Waals surface area (Å²) in [6.45, 7) is 5.44. The van der Waals surface area contributed by atoms with Crippen LogP contribution in [-0.2, 0) is 21.4 Å². The van der Waals surface area contributed by atoms with Crippen molar-refractivity contribution in [3.8, 4) is 0 Å². The van der Waals surface area contributed by atoms with Crippen LogP contribution in [0, 0.1) is 0 Å². The van der Waals surface area contributed by atoms with Crippen LogP contribution in [0.3, 0.4) is 0 Å². The predicted octanol–water partition coefficient (Wildman–Crippen LogP) is 2.23. The summed E-state index contributed by atoms with van der Waals surface area (Å²) in [7, 11) is -3.85. The Morgan fingerprint density at radius 3 is 2.47 bits per heavy atom. The highest BCUT2D eigenvalue weighted by Gasteiger charge is 2.39. The van der Waals surface area contributed by atoms with Gasteiger partial charge in [-0.15, -0.1) is 0 Å². The standard InChI is InChI=1S/C21H27N3O5S/c1-3-23(4-2)21(26)16-9-11-18(12-10-16)30(27,28)24-13-5-8-19(24)20(25)22-15-17-7-6-14-29-17/h6-7,9-12,14,19H,3-5,8,13,15H2,1-2H3,(H,22,25). The molecule has 3 rings (SSSR count). The van der Waals surface area contributed by atoms with Gasteiger partial charge in [-0.25, -0.2) is 8.42 Å². The highest BCUT2D eigenvalue weighted by atomic mass is 32.2. The third-order valence-electron chi connectivity index (χ3n) is 5.28. The smallest absolute Gasteiger partial charge is 0.253 e. The van der Waals surface area contributed by atoms with Crippen LogP contribution in [0.2, 0.25) is 0 Å². The van der Waals surface area contributed by atoms with Crippen LogP contribution < -0.4 is 5.32 Å². The second kappa shape index (κ2) is 9.44. The van der Waals surface area contributed by atoms with Gasteiger partial charge >= 0.3 is 0 Å². The fraction of sp³-hybridized carbons (Fsp3) is 0.429. The molecule has 30 heavy (non-hydrogen) atoms. The third kappa shape index (κ3) is 4.57. The molecule has 0 spiro atoms. The molecule has 1 fully saturated rings. The van der Waals surface area contributed by atoms with Gasteiger partial charge in [0.25, 0.3) is 5.91 Å². The summed E-state index contributed by atoms with van der Waals surface area (Å²) in [5.41, 5.74) is 0.437. The zero-order valence-electron chi connectivity index (χ0n) is 17.2. The van der Waals surface area contributed by atoms with Gasteiger partial charge in [-0.05, 0) is 63.1 Å². The van der Waals surface area contributed by atoms with E-state index in [0.29, 0.717) is 37.3 Å². The number of rotatable bonds is 8. The molecular formula is C21H27N3O5S. The maximum absolute atomic E-state index is 13.1. The average Bonchev–Trinajstić information content (AvgIpc) is 3.45. The molecule has 2 aromatic rings. The number of nitrogens with one attached hydrogen (secondary N) is 1. The van der Waals surface area contributed by atoms with Gasteiger partial charge in [0, 0.05) is 25.2 Å². The molecule has 0 saturated carbocycles. The van der Waals surface area contributed by atoms with E-state index in [1.807, 2.05) is 13.8 Å². The van der Waals surface area contributed by atoms with Gasteiger partial charge in [-0.2, -0.15) is 4.31 Å². The number of amides is 2. The van der Waals surface area contributed by atoms with Crippen molar-refractivity contribution in [1.82, 2.24) is 14.5 Å². The van der Waals surface area contributed by atoms with E-state index >= 15 is 0 Å². The van der Waals surface area contributed by atoms with Crippen molar-refractivity contribution in [1.29, 1.82) is 0 Å². The first-order valence-corrected chi connectivity index (χ1v) is 11.5. The molecule has 0 bridgehead atoms. The highest BCUT2D eigenvalue weighted by Crippen LogP contribution is 2.26. The van der Waals surface area contributed by atoms with Crippen LogP contribution in [0.25, 0.3) is 0 Å². The largest absolute Gasteiger partial charge is 0.467 e. The fourth-order valence-corrected chi connectivity index (χ4v) is 5.25. The Balaban J connectivity index is 1.73. The van der Waals surface area contributed by atoms with Gasteiger partial charge < -0.3 is 14.6 Å². The third-order valence-corrected chi connectivity index (χ3v) is 7.20. The summed E-state index contributed by atoms with van der Waals surface area (Å²) in [5.74, 6) is 0.116. The normalized spacial score (nSPS) is 17.1. The predicted molar refractivity (Wildman–Crippen MR) is 111 cm³/mol. The molecule has 2 heterocycles. The number of benzene rings is 1. The molecule has 1 aromatic carbocycles. The van der Waals surface area contributed by atoms with E-state index in [-0.39, 0.29) is 29.8 Å².